The van der Waals surface area contributed by atoms with Gasteiger partial charge >= 0.3 is 0 Å². The summed E-state index contributed by atoms with van der Waals surface area (Å²) in [5.41, 5.74) is 3.20. The number of aromatic nitrogens is 1. The van der Waals surface area contributed by atoms with Crippen molar-refractivity contribution in [3.8, 4) is 0 Å². The predicted molar refractivity (Wildman–Crippen MR) is 84.0 cm³/mol. The highest BCUT2D eigenvalue weighted by atomic mass is 32.1. The number of thiophene rings is 1. The van der Waals surface area contributed by atoms with Gasteiger partial charge in [0, 0.05) is 17.3 Å². The third kappa shape index (κ3) is 3.44. The van der Waals surface area contributed by atoms with E-state index in [0.29, 0.717) is 0 Å². The lowest BCUT2D eigenvalue weighted by molar-refractivity contribution is 0.525. The minimum absolute atomic E-state index is 0.156. The Bertz CT molecular complexity index is 532. The van der Waals surface area contributed by atoms with Crippen molar-refractivity contribution in [3.63, 3.8) is 0 Å². The van der Waals surface area contributed by atoms with Gasteiger partial charge in [-0.2, -0.15) is 0 Å². The van der Waals surface area contributed by atoms with Crippen molar-refractivity contribution < 1.29 is 0 Å². The van der Waals surface area contributed by atoms with Crippen LogP contribution in [0.2, 0.25) is 0 Å². The molecule has 0 fully saturated rings. The summed E-state index contributed by atoms with van der Waals surface area (Å²) in [6, 6.07) is 6.62. The van der Waals surface area contributed by atoms with Crippen LogP contribution in [0.3, 0.4) is 0 Å². The summed E-state index contributed by atoms with van der Waals surface area (Å²) in [7, 11) is 0. The molecule has 19 heavy (non-hydrogen) atoms. The van der Waals surface area contributed by atoms with E-state index in [2.05, 4.69) is 63.2 Å². The maximum atomic E-state index is 4.10. The van der Waals surface area contributed by atoms with Gasteiger partial charge in [0.1, 0.15) is 0 Å². The van der Waals surface area contributed by atoms with E-state index in [1.165, 1.54) is 16.0 Å². The first kappa shape index (κ1) is 14.3. The summed E-state index contributed by atoms with van der Waals surface area (Å²) in [6.45, 7) is 11.4. The van der Waals surface area contributed by atoms with Crippen LogP contribution in [0.25, 0.3) is 0 Å². The summed E-state index contributed by atoms with van der Waals surface area (Å²) in [5, 5.41) is 2.30. The van der Waals surface area contributed by atoms with Crippen LogP contribution in [0.1, 0.15) is 50.6 Å². The molecule has 0 radical (unpaired) electrons. The molecule has 0 atom stereocenters. The first-order valence-corrected chi connectivity index (χ1v) is 7.65. The van der Waals surface area contributed by atoms with Gasteiger partial charge in [-0.15, -0.1) is 11.3 Å². The van der Waals surface area contributed by atoms with Gasteiger partial charge < -0.3 is 0 Å². The Morgan fingerprint density at radius 1 is 1.00 bits per heavy atom. The van der Waals surface area contributed by atoms with Gasteiger partial charge in [-0.05, 0) is 52.0 Å². The fourth-order valence-corrected chi connectivity index (χ4v) is 3.55. The minimum Gasteiger partial charge on any atom is -0.265 e. The summed E-state index contributed by atoms with van der Waals surface area (Å²) in [5.74, 6) is 0. The smallest absolute Gasteiger partial charge is 0.0270 e. The molecule has 1 nitrogen and oxygen atoms in total. The Balaban J connectivity index is 2.19. The van der Waals surface area contributed by atoms with Crippen LogP contribution < -0.4 is 0 Å². The Labute approximate surface area is 120 Å². The predicted octanol–water partition coefficient (Wildman–Crippen LogP) is 4.96. The van der Waals surface area contributed by atoms with E-state index in [9.17, 15) is 0 Å². The second-order valence-electron chi connectivity index (χ2n) is 6.85. The highest BCUT2D eigenvalue weighted by Crippen LogP contribution is 2.33. The lowest BCUT2D eigenvalue weighted by Crippen LogP contribution is -2.20. The van der Waals surface area contributed by atoms with Crippen molar-refractivity contribution in [2.45, 2.75) is 51.9 Å². The van der Waals surface area contributed by atoms with E-state index in [0.717, 1.165) is 6.42 Å². The highest BCUT2D eigenvalue weighted by Gasteiger charge is 2.23. The zero-order valence-corrected chi connectivity index (χ0v) is 13.3. The molecule has 2 heterocycles. The minimum atomic E-state index is 0.156. The maximum Gasteiger partial charge on any atom is 0.0270 e. The molecule has 0 saturated carbocycles. The largest absolute Gasteiger partial charge is 0.265 e. The summed E-state index contributed by atoms with van der Waals surface area (Å²) >= 11 is 1.88. The van der Waals surface area contributed by atoms with Crippen molar-refractivity contribution >= 4 is 11.3 Å². The monoisotopic (exact) mass is 273 g/mol. The molecule has 0 bridgehead atoms. The van der Waals surface area contributed by atoms with Crippen LogP contribution in [0.5, 0.6) is 0 Å². The third-order valence-corrected chi connectivity index (χ3v) is 4.53. The Morgan fingerprint density at radius 3 is 2.16 bits per heavy atom. The Hall–Kier alpha value is -1.15. The number of hydrogen-bond acceptors (Lipinski definition) is 2. The van der Waals surface area contributed by atoms with Crippen LogP contribution >= 0.6 is 11.3 Å². The standard InChI is InChI=1S/C17H23NS/c1-16(2,3)14-10-15(19-12-14)11-17(4,5)13-6-8-18-9-7-13/h6-10,12H,11H2,1-5H3. The van der Waals surface area contributed by atoms with Gasteiger partial charge in [-0.1, -0.05) is 34.6 Å². The van der Waals surface area contributed by atoms with E-state index in [1.54, 1.807) is 0 Å². The lowest BCUT2D eigenvalue weighted by Gasteiger charge is -2.24. The van der Waals surface area contributed by atoms with Crippen LogP contribution in [0.15, 0.2) is 36.0 Å². The summed E-state index contributed by atoms with van der Waals surface area (Å²) < 4.78 is 0. The van der Waals surface area contributed by atoms with Crippen molar-refractivity contribution in [2.24, 2.45) is 0 Å². The Kier molecular flexibility index (Phi) is 3.82. The first-order chi connectivity index (χ1) is 8.79. The Morgan fingerprint density at radius 2 is 1.63 bits per heavy atom. The molecule has 0 aliphatic heterocycles. The molecule has 2 rings (SSSR count). The van der Waals surface area contributed by atoms with Crippen molar-refractivity contribution in [1.82, 2.24) is 4.98 Å². The normalized spacial score (nSPS) is 12.7. The zero-order valence-electron chi connectivity index (χ0n) is 12.5. The van der Waals surface area contributed by atoms with Crippen LogP contribution in [0.4, 0.5) is 0 Å². The van der Waals surface area contributed by atoms with Gasteiger partial charge in [0.25, 0.3) is 0 Å². The van der Waals surface area contributed by atoms with E-state index >= 15 is 0 Å². The molecule has 0 amide bonds. The van der Waals surface area contributed by atoms with Crippen LogP contribution in [-0.4, -0.2) is 4.98 Å². The van der Waals surface area contributed by atoms with E-state index < -0.39 is 0 Å². The molecule has 0 aromatic carbocycles. The first-order valence-electron chi connectivity index (χ1n) is 6.77. The van der Waals surface area contributed by atoms with Gasteiger partial charge in [0.05, 0.1) is 0 Å². The number of rotatable bonds is 3. The second kappa shape index (κ2) is 5.09. The molecule has 0 saturated heterocycles. The molecule has 2 heteroatoms. The van der Waals surface area contributed by atoms with Gasteiger partial charge in [0.2, 0.25) is 0 Å². The van der Waals surface area contributed by atoms with E-state index in [1.807, 2.05) is 23.7 Å². The van der Waals surface area contributed by atoms with Crippen molar-refractivity contribution in [1.29, 1.82) is 0 Å². The highest BCUT2D eigenvalue weighted by molar-refractivity contribution is 7.10. The van der Waals surface area contributed by atoms with Gasteiger partial charge in [-0.25, -0.2) is 0 Å². The molecule has 0 N–H and O–H groups in total. The van der Waals surface area contributed by atoms with Crippen LogP contribution in [0, 0.1) is 0 Å². The molecule has 0 aliphatic rings. The average molecular weight is 273 g/mol. The number of pyridine rings is 1. The van der Waals surface area contributed by atoms with Crippen molar-refractivity contribution in [3.05, 3.63) is 52.0 Å². The molecular formula is C17H23NS. The van der Waals surface area contributed by atoms with E-state index in [4.69, 9.17) is 0 Å². The van der Waals surface area contributed by atoms with Gasteiger partial charge in [0.15, 0.2) is 0 Å². The lowest BCUT2D eigenvalue weighted by atomic mass is 9.81. The third-order valence-electron chi connectivity index (χ3n) is 3.60. The molecular weight excluding hydrogens is 250 g/mol. The summed E-state index contributed by atoms with van der Waals surface area (Å²) in [4.78, 5) is 5.57. The topological polar surface area (TPSA) is 12.9 Å². The SMILES string of the molecule is CC(C)(C)c1csc(CC(C)(C)c2ccncc2)c1. The molecule has 2 aromatic heterocycles. The van der Waals surface area contributed by atoms with E-state index in [-0.39, 0.29) is 10.8 Å². The maximum absolute atomic E-state index is 4.10. The number of nitrogens with zero attached hydrogens (tertiary/aromatic N) is 1. The fraction of sp³-hybridized carbons (Fsp3) is 0.471. The summed E-state index contributed by atoms with van der Waals surface area (Å²) in [6.07, 6.45) is 4.84. The molecule has 2 aromatic rings. The molecule has 0 aliphatic carbocycles. The molecule has 102 valence electrons. The average Bonchev–Trinajstić information content (AvgIpc) is 2.78. The fourth-order valence-electron chi connectivity index (χ4n) is 2.21. The van der Waals surface area contributed by atoms with Gasteiger partial charge in [-0.3, -0.25) is 4.98 Å². The van der Waals surface area contributed by atoms with Crippen LogP contribution in [-0.2, 0) is 17.3 Å². The number of hydrogen-bond donors (Lipinski definition) is 0. The second-order valence-corrected chi connectivity index (χ2v) is 7.84. The quantitative estimate of drug-likeness (QED) is 0.770. The zero-order chi connectivity index (χ0) is 14.1. The molecule has 0 spiro atoms. The van der Waals surface area contributed by atoms with Crippen molar-refractivity contribution in [2.75, 3.05) is 0 Å². The molecule has 0 unspecified atom stereocenters.